The van der Waals surface area contributed by atoms with E-state index in [1.54, 1.807) is 27.7 Å². The van der Waals surface area contributed by atoms with Crippen LogP contribution in [-0.4, -0.2) is 24.6 Å². The first-order chi connectivity index (χ1) is 5.98. The molecule has 0 aromatic carbocycles. The zero-order valence-corrected chi connectivity index (χ0v) is 9.56. The van der Waals surface area contributed by atoms with Crippen molar-refractivity contribution in [2.24, 2.45) is 0 Å². The largest absolute Gasteiger partial charge is 0.338 e. The monoisotopic (exact) mass is 207 g/mol. The highest BCUT2D eigenvalue weighted by Gasteiger charge is 2.33. The molecule has 4 nitrogen and oxygen atoms in total. The quantitative estimate of drug-likeness (QED) is 0.538. The van der Waals surface area contributed by atoms with E-state index in [4.69, 9.17) is 14.5 Å². The lowest BCUT2D eigenvalue weighted by atomic mass is 10.3. The summed E-state index contributed by atoms with van der Waals surface area (Å²) in [7, 11) is -3.09. The normalized spacial score (nSPS) is 14.2. The Hall–Kier alpha value is -0.180. The molecular formula is C8H18NO3P. The van der Waals surface area contributed by atoms with Crippen molar-refractivity contribution in [3.8, 4) is 0 Å². The lowest BCUT2D eigenvalue weighted by Crippen LogP contribution is -2.16. The molecule has 0 heterocycles. The summed E-state index contributed by atoms with van der Waals surface area (Å²) >= 11 is 0. The van der Waals surface area contributed by atoms with Gasteiger partial charge in [-0.25, -0.2) is 0 Å². The number of hydrogen-bond acceptors (Lipinski definition) is 4. The molecule has 0 aliphatic rings. The van der Waals surface area contributed by atoms with Gasteiger partial charge in [0.1, 0.15) is 0 Å². The molecule has 78 valence electrons. The summed E-state index contributed by atoms with van der Waals surface area (Å²) in [6.07, 6.45) is 0. The van der Waals surface area contributed by atoms with E-state index in [2.05, 4.69) is 0 Å². The highest BCUT2D eigenvalue weighted by atomic mass is 31.2. The maximum Gasteiger partial charge on any atom is 0.338 e. The van der Waals surface area contributed by atoms with Crippen LogP contribution >= 0.6 is 7.60 Å². The van der Waals surface area contributed by atoms with Gasteiger partial charge in [-0.1, -0.05) is 0 Å². The minimum absolute atomic E-state index is 0.324. The topological polar surface area (TPSA) is 59.4 Å². The molecule has 0 bridgehead atoms. The highest BCUT2D eigenvalue weighted by Crippen LogP contribution is 2.53. The van der Waals surface area contributed by atoms with Gasteiger partial charge in [-0.3, -0.25) is 4.57 Å². The highest BCUT2D eigenvalue weighted by molar-refractivity contribution is 7.55. The van der Waals surface area contributed by atoms with Crippen molar-refractivity contribution in [2.75, 3.05) is 13.2 Å². The summed E-state index contributed by atoms with van der Waals surface area (Å²) in [5.74, 6) is 0. The van der Waals surface area contributed by atoms with Crippen LogP contribution in [-0.2, 0) is 13.6 Å². The van der Waals surface area contributed by atoms with Crippen LogP contribution in [0.5, 0.6) is 0 Å². The van der Waals surface area contributed by atoms with Gasteiger partial charge in [0, 0.05) is 5.71 Å². The second-order valence-corrected chi connectivity index (χ2v) is 5.11. The molecule has 1 N–H and O–H groups in total. The summed E-state index contributed by atoms with van der Waals surface area (Å²) in [6.45, 7) is 7.50. The fourth-order valence-corrected chi connectivity index (χ4v) is 2.57. The number of hydrogen-bond donors (Lipinski definition) is 1. The summed E-state index contributed by atoms with van der Waals surface area (Å²) in [6, 6.07) is 0. The Morgan fingerprint density at radius 2 is 1.77 bits per heavy atom. The first-order valence-electron chi connectivity index (χ1n) is 4.41. The predicted octanol–water partition coefficient (Wildman–Crippen LogP) is 2.68. The Kier molecular flexibility index (Phi) is 5.45. The summed E-state index contributed by atoms with van der Waals surface area (Å²) < 4.78 is 22.1. The molecule has 5 heteroatoms. The van der Waals surface area contributed by atoms with Crippen molar-refractivity contribution in [1.82, 2.24) is 0 Å². The zero-order chi connectivity index (χ0) is 10.5. The summed E-state index contributed by atoms with van der Waals surface area (Å²) in [5, 5.41) is 7.38. The van der Waals surface area contributed by atoms with E-state index >= 15 is 0 Å². The Morgan fingerprint density at radius 1 is 1.38 bits per heavy atom. The van der Waals surface area contributed by atoms with E-state index in [9.17, 15) is 4.57 Å². The molecule has 0 aliphatic carbocycles. The third kappa shape index (κ3) is 3.59. The second kappa shape index (κ2) is 5.53. The summed E-state index contributed by atoms with van der Waals surface area (Å²) in [5.41, 5.74) is -0.127. The number of nitrogens with one attached hydrogen (secondary N) is 1. The third-order valence-corrected chi connectivity index (χ3v) is 4.29. The molecule has 0 fully saturated rings. The van der Waals surface area contributed by atoms with E-state index in [0.717, 1.165) is 0 Å². The third-order valence-electron chi connectivity index (χ3n) is 1.72. The van der Waals surface area contributed by atoms with Gasteiger partial charge in [-0.05, 0) is 27.7 Å². The van der Waals surface area contributed by atoms with Crippen LogP contribution in [0.25, 0.3) is 0 Å². The first-order valence-corrected chi connectivity index (χ1v) is 6.03. The predicted molar refractivity (Wildman–Crippen MR) is 53.7 cm³/mol. The van der Waals surface area contributed by atoms with Gasteiger partial charge in [0.2, 0.25) is 0 Å². The molecule has 0 aliphatic heterocycles. The van der Waals surface area contributed by atoms with E-state index < -0.39 is 13.3 Å². The minimum atomic E-state index is -3.09. The molecule has 0 amide bonds. The second-order valence-electron chi connectivity index (χ2n) is 2.73. The van der Waals surface area contributed by atoms with Crippen molar-refractivity contribution in [1.29, 1.82) is 5.41 Å². The van der Waals surface area contributed by atoms with E-state index in [1.807, 2.05) is 0 Å². The van der Waals surface area contributed by atoms with Crippen molar-refractivity contribution in [3.05, 3.63) is 0 Å². The van der Waals surface area contributed by atoms with E-state index in [0.29, 0.717) is 18.9 Å². The van der Waals surface area contributed by atoms with Gasteiger partial charge in [0.25, 0.3) is 0 Å². The van der Waals surface area contributed by atoms with Crippen LogP contribution in [0.1, 0.15) is 27.7 Å². The average Bonchev–Trinajstić information content (AvgIpc) is 2.03. The minimum Gasteiger partial charge on any atom is -0.309 e. The molecule has 0 aromatic heterocycles. The van der Waals surface area contributed by atoms with Crippen LogP contribution < -0.4 is 0 Å². The van der Waals surface area contributed by atoms with E-state index in [1.165, 1.54) is 0 Å². The Balaban J connectivity index is 4.57. The molecule has 1 atom stereocenters. The van der Waals surface area contributed by atoms with Gasteiger partial charge >= 0.3 is 7.60 Å². The maximum absolute atomic E-state index is 12.0. The van der Waals surface area contributed by atoms with Gasteiger partial charge in [-0.2, -0.15) is 0 Å². The smallest absolute Gasteiger partial charge is 0.309 e. The fourth-order valence-electron chi connectivity index (χ4n) is 0.858. The van der Waals surface area contributed by atoms with Crippen LogP contribution in [0.15, 0.2) is 0 Å². The van der Waals surface area contributed by atoms with Gasteiger partial charge < -0.3 is 14.5 Å². The molecule has 0 radical (unpaired) electrons. The average molecular weight is 207 g/mol. The lowest BCUT2D eigenvalue weighted by molar-refractivity contribution is 0.218. The molecule has 0 rings (SSSR count). The van der Waals surface area contributed by atoms with Crippen molar-refractivity contribution in [3.63, 3.8) is 0 Å². The van der Waals surface area contributed by atoms with Gasteiger partial charge in [0.05, 0.1) is 18.9 Å². The van der Waals surface area contributed by atoms with Crippen LogP contribution in [0.4, 0.5) is 0 Å². The Morgan fingerprint density at radius 3 is 2.00 bits per heavy atom. The van der Waals surface area contributed by atoms with Gasteiger partial charge in [0.15, 0.2) is 0 Å². The first kappa shape index (κ1) is 12.8. The molecule has 1 unspecified atom stereocenters. The molecule has 13 heavy (non-hydrogen) atoms. The van der Waals surface area contributed by atoms with Gasteiger partial charge in [-0.15, -0.1) is 0 Å². The molecule has 0 aromatic rings. The lowest BCUT2D eigenvalue weighted by Gasteiger charge is -2.22. The van der Waals surface area contributed by atoms with Crippen LogP contribution in [0.2, 0.25) is 0 Å². The molecule has 0 spiro atoms. The molecular weight excluding hydrogens is 189 g/mol. The standard InChI is InChI=1S/C8H18NO3P/c1-5-11-13(10,12-6-2)8(4)7(3)9/h8-9H,5-6H2,1-4H3. The molecule has 0 saturated heterocycles. The SMILES string of the molecule is CCOP(=O)(OCC)C(C)C(C)=N. The Labute approximate surface area is 79.7 Å². The molecule has 0 saturated carbocycles. The Bertz CT molecular complexity index is 207. The van der Waals surface area contributed by atoms with Crippen molar-refractivity contribution >= 4 is 13.3 Å². The van der Waals surface area contributed by atoms with Crippen molar-refractivity contribution < 1.29 is 13.6 Å². The van der Waals surface area contributed by atoms with Crippen LogP contribution in [0.3, 0.4) is 0 Å². The number of rotatable bonds is 6. The maximum atomic E-state index is 12.0. The van der Waals surface area contributed by atoms with Crippen molar-refractivity contribution in [2.45, 2.75) is 33.4 Å². The fraction of sp³-hybridized carbons (Fsp3) is 0.875. The zero-order valence-electron chi connectivity index (χ0n) is 8.66. The van der Waals surface area contributed by atoms with Crippen LogP contribution in [0, 0.1) is 5.41 Å². The summed E-state index contributed by atoms with van der Waals surface area (Å²) in [4.78, 5) is 0. The van der Waals surface area contributed by atoms with E-state index in [-0.39, 0.29) is 0 Å².